The molecule has 5 unspecified atom stereocenters. The topological polar surface area (TPSA) is 319 Å². The zero-order chi connectivity index (χ0) is 74.7. The molecule has 7 aromatic carbocycles. The van der Waals surface area contributed by atoms with Crippen LogP contribution in [0.2, 0.25) is 0 Å². The fourth-order valence-corrected chi connectivity index (χ4v) is 8.83. The SMILES string of the molecule is CC.CC.CC.CC.CC.CC.CC.CC(=O)c1ccccc1O.CC1CC(=O)c2ccccc2O1.NC(=O)C1CCc2ccccc2O1.NCC1CCc2ccccc2O1.O=C(O)C1CCc2ccccc2O1.O=C(O)c1ccccc1O.O=C1CC(C(=O)O)Oc2ccccc21. The third-order valence-electron chi connectivity index (χ3n) is 13.2. The van der Waals surface area contributed by atoms with Gasteiger partial charge in [-0.3, -0.25) is 19.2 Å². The number of aromatic carboxylic acids is 1. The maximum absolute atomic E-state index is 11.5. The third kappa shape index (κ3) is 31.7. The first kappa shape index (κ1) is 90.0. The molecule has 1 amide bonds. The highest BCUT2D eigenvalue weighted by molar-refractivity contribution is 6.02. The number of rotatable bonds is 6. The second-order valence-corrected chi connectivity index (χ2v) is 19.4. The van der Waals surface area contributed by atoms with Gasteiger partial charge in [-0.05, 0) is 136 Å². The van der Waals surface area contributed by atoms with Gasteiger partial charge < -0.3 is 60.7 Å². The number of ether oxygens (including phenoxy) is 5. The first-order valence-electron chi connectivity index (χ1n) is 33.9. The number of primary amides is 1. The third-order valence-corrected chi connectivity index (χ3v) is 13.2. The number of carboxylic acid groups (broad SMARTS) is 3. The summed E-state index contributed by atoms with van der Waals surface area (Å²) in [4.78, 5) is 76.0. The van der Waals surface area contributed by atoms with Crippen molar-refractivity contribution >= 4 is 41.2 Å². The summed E-state index contributed by atoms with van der Waals surface area (Å²) >= 11 is 0. The molecule has 5 aliphatic heterocycles. The molecule has 5 atom stereocenters. The summed E-state index contributed by atoms with van der Waals surface area (Å²) in [6.45, 7) is 32.0. The predicted molar refractivity (Wildman–Crippen MR) is 389 cm³/mol. The lowest BCUT2D eigenvalue weighted by atomic mass is 10.0. The van der Waals surface area contributed by atoms with Crippen molar-refractivity contribution in [1.29, 1.82) is 0 Å². The molecule has 536 valence electrons. The molecule has 0 radical (unpaired) electrons. The number of carboxylic acids is 3. The molecule has 19 heteroatoms. The lowest BCUT2D eigenvalue weighted by molar-refractivity contribution is -0.146. The molecule has 0 aliphatic carbocycles. The van der Waals surface area contributed by atoms with Crippen LogP contribution in [0.4, 0.5) is 0 Å². The zero-order valence-corrected chi connectivity index (χ0v) is 60.2. The van der Waals surface area contributed by atoms with Crippen LogP contribution in [0.25, 0.3) is 0 Å². The number of hydrogen-bond acceptors (Lipinski definition) is 15. The molecule has 0 bridgehead atoms. The molecule has 0 saturated carbocycles. The van der Waals surface area contributed by atoms with Crippen molar-refractivity contribution in [2.75, 3.05) is 6.54 Å². The quantitative estimate of drug-likeness (QED) is 0.0761. The Hall–Kier alpha value is -10.0. The van der Waals surface area contributed by atoms with E-state index in [1.54, 1.807) is 54.6 Å². The van der Waals surface area contributed by atoms with E-state index in [2.05, 4.69) is 6.07 Å². The van der Waals surface area contributed by atoms with Gasteiger partial charge in [0.1, 0.15) is 58.0 Å². The summed E-state index contributed by atoms with van der Waals surface area (Å²) in [5, 5.41) is 43.8. The van der Waals surface area contributed by atoms with Crippen LogP contribution in [-0.4, -0.2) is 104 Å². The summed E-state index contributed by atoms with van der Waals surface area (Å²) in [5.41, 5.74) is 15.7. The molecule has 19 nitrogen and oxygen atoms in total. The van der Waals surface area contributed by atoms with E-state index in [1.165, 1.54) is 30.7 Å². The number of fused-ring (bicyclic) bond motifs is 5. The van der Waals surface area contributed by atoms with Crippen molar-refractivity contribution in [2.24, 2.45) is 11.5 Å². The number of para-hydroxylation sites is 7. The van der Waals surface area contributed by atoms with Crippen molar-refractivity contribution in [1.82, 2.24) is 0 Å². The van der Waals surface area contributed by atoms with Gasteiger partial charge >= 0.3 is 17.9 Å². The number of benzene rings is 7. The number of phenols is 2. The van der Waals surface area contributed by atoms with Gasteiger partial charge in [0.05, 0.1) is 23.1 Å². The van der Waals surface area contributed by atoms with E-state index in [1.807, 2.05) is 195 Å². The molecular weight excluding hydrogens is 1250 g/mol. The zero-order valence-electron chi connectivity index (χ0n) is 60.2. The number of aromatic hydroxyl groups is 2. The van der Waals surface area contributed by atoms with Crippen molar-refractivity contribution in [3.8, 4) is 40.2 Å². The number of amides is 1. The van der Waals surface area contributed by atoms with Gasteiger partial charge in [0.15, 0.2) is 29.6 Å². The van der Waals surface area contributed by atoms with E-state index in [4.69, 9.17) is 60.7 Å². The van der Waals surface area contributed by atoms with Crippen LogP contribution >= 0.6 is 0 Å². The highest BCUT2D eigenvalue weighted by Gasteiger charge is 2.31. The molecule has 5 aliphatic rings. The van der Waals surface area contributed by atoms with Gasteiger partial charge in [-0.1, -0.05) is 200 Å². The Balaban J connectivity index is 0. The summed E-state index contributed by atoms with van der Waals surface area (Å²) in [7, 11) is 0. The maximum atomic E-state index is 11.5. The number of nitrogens with two attached hydrogens (primary N) is 2. The van der Waals surface area contributed by atoms with Crippen LogP contribution in [0, 0.1) is 0 Å². The summed E-state index contributed by atoms with van der Waals surface area (Å²) < 4.78 is 27.0. The molecule has 12 rings (SSSR count). The maximum Gasteiger partial charge on any atom is 0.345 e. The number of carbonyl (C=O) groups excluding carboxylic acids is 4. The van der Waals surface area contributed by atoms with E-state index in [0.717, 1.165) is 59.6 Å². The fraction of sp³-hybridized carbons (Fsp3) is 0.380. The lowest BCUT2D eigenvalue weighted by Gasteiger charge is -2.24. The minimum Gasteiger partial charge on any atom is -0.507 e. The Kier molecular flexibility index (Phi) is 48.9. The Morgan fingerprint density at radius 1 is 0.408 bits per heavy atom. The van der Waals surface area contributed by atoms with Crippen LogP contribution in [0.15, 0.2) is 170 Å². The smallest absolute Gasteiger partial charge is 0.345 e. The molecule has 5 heterocycles. The highest BCUT2D eigenvalue weighted by atomic mass is 16.5. The number of aryl methyl sites for hydroxylation is 3. The van der Waals surface area contributed by atoms with Gasteiger partial charge in [-0.25, -0.2) is 14.4 Å². The number of aliphatic carboxylic acids is 2. The van der Waals surface area contributed by atoms with E-state index in [0.29, 0.717) is 48.4 Å². The first-order chi connectivity index (χ1) is 47.3. The van der Waals surface area contributed by atoms with Crippen molar-refractivity contribution in [3.63, 3.8) is 0 Å². The number of phenolic OH excluding ortho intramolecular Hbond substituents is 1. The minimum absolute atomic E-state index is 0.0207. The van der Waals surface area contributed by atoms with Crippen LogP contribution in [0.5, 0.6) is 40.2 Å². The van der Waals surface area contributed by atoms with Gasteiger partial charge in [0.25, 0.3) is 5.91 Å². The average molecular weight is 1360 g/mol. The normalized spacial score (nSPS) is 15.7. The molecule has 0 fully saturated rings. The Bertz CT molecular complexity index is 3300. The lowest BCUT2D eigenvalue weighted by Crippen LogP contribution is -2.36. The highest BCUT2D eigenvalue weighted by Crippen LogP contribution is 2.31. The minimum atomic E-state index is -1.11. The Morgan fingerprint density at radius 3 is 1.11 bits per heavy atom. The number of hydrogen-bond donors (Lipinski definition) is 7. The van der Waals surface area contributed by atoms with E-state index in [-0.39, 0.29) is 58.9 Å². The average Bonchev–Trinajstić information content (AvgIpc) is 0.842. The second-order valence-electron chi connectivity index (χ2n) is 19.4. The van der Waals surface area contributed by atoms with E-state index in [9.17, 15) is 33.6 Å². The number of Topliss-reactive ketones (excluding diaryl/α,β-unsaturated/α-hetero) is 3. The summed E-state index contributed by atoms with van der Waals surface area (Å²) in [6, 6.07) is 49.8. The van der Waals surface area contributed by atoms with E-state index < -0.39 is 36.2 Å². The Labute approximate surface area is 581 Å². The molecule has 9 N–H and O–H groups in total. The Morgan fingerprint density at radius 2 is 0.735 bits per heavy atom. The molecule has 7 aromatic rings. The second kappa shape index (κ2) is 53.2. The van der Waals surface area contributed by atoms with Crippen molar-refractivity contribution in [3.05, 3.63) is 209 Å². The van der Waals surface area contributed by atoms with Crippen LogP contribution < -0.4 is 35.2 Å². The van der Waals surface area contributed by atoms with Gasteiger partial charge in [0, 0.05) is 13.0 Å². The largest absolute Gasteiger partial charge is 0.507 e. The molecular formula is C79H108N2O17. The summed E-state index contributed by atoms with van der Waals surface area (Å²) in [5.74, 6) is -0.142. The molecule has 98 heavy (non-hydrogen) atoms. The summed E-state index contributed by atoms with van der Waals surface area (Å²) in [6.07, 6.45) is 3.53. The van der Waals surface area contributed by atoms with Crippen LogP contribution in [-0.2, 0) is 33.6 Å². The predicted octanol–water partition coefficient (Wildman–Crippen LogP) is 16.7. The molecule has 0 spiro atoms. The monoisotopic (exact) mass is 1360 g/mol. The number of carbonyl (C=O) groups is 7. The van der Waals surface area contributed by atoms with Gasteiger partial charge in [-0.2, -0.15) is 0 Å². The van der Waals surface area contributed by atoms with Gasteiger partial charge in [-0.15, -0.1) is 0 Å². The van der Waals surface area contributed by atoms with Crippen molar-refractivity contribution < 1.29 is 82.8 Å². The fourth-order valence-electron chi connectivity index (χ4n) is 8.83. The standard InChI is InChI=1S/C10H11NO2.C10H13NO.C10H8O4.C10H10O3.C10H10O2.C8H8O2.C7H6O3.7C2H6/c11-10(12)9-6-5-7-3-1-2-4-8(7)13-9;11-7-9-6-5-8-3-1-2-4-10(8)12-9;11-7-5-9(10(12)13)14-8-4-2-1-3-6(7)8;11-10(12)9-6-5-7-3-1-2-4-8(7)13-9;1-7-6-9(11)8-4-2-3-5-10(8)12-7;1-6(9)7-4-2-3-5-8(7)10;8-6-4-2-1-3-5(6)7(9)10;7*1-2/h1-4,9H,5-6H2,(H2,11,12);1-4,9H,5-7,11H2;1-4,9H,5H2,(H,12,13);1-4,9H,5-6H2,(H,11,12);2-5,7H,6H2,1H3;2-5,10H,1H3;1-4,8H,(H,9,10);7*1-2H3. The van der Waals surface area contributed by atoms with E-state index >= 15 is 0 Å². The molecule has 0 saturated heterocycles. The number of ketones is 3. The van der Waals surface area contributed by atoms with Crippen LogP contribution in [0.1, 0.15) is 201 Å². The first-order valence-corrected chi connectivity index (χ1v) is 33.9. The molecule has 0 aromatic heterocycles. The van der Waals surface area contributed by atoms with Crippen molar-refractivity contribution in [2.45, 2.75) is 193 Å². The van der Waals surface area contributed by atoms with Crippen LogP contribution in [0.3, 0.4) is 0 Å². The van der Waals surface area contributed by atoms with Gasteiger partial charge in [0.2, 0.25) is 6.10 Å².